The molecule has 1 fully saturated rings. The summed E-state index contributed by atoms with van der Waals surface area (Å²) in [5, 5.41) is 3.22. The number of amides is 1. The molecule has 2 aliphatic heterocycles. The Balaban J connectivity index is 1.23. The third-order valence-electron chi connectivity index (χ3n) is 6.25. The zero-order valence-electron chi connectivity index (χ0n) is 16.9. The number of piperidine rings is 1. The van der Waals surface area contributed by atoms with Gasteiger partial charge in [-0.05, 0) is 55.4 Å². The number of anilines is 1. The van der Waals surface area contributed by atoms with Gasteiger partial charge in [0.25, 0.3) is 0 Å². The molecule has 31 heavy (non-hydrogen) atoms. The van der Waals surface area contributed by atoms with Gasteiger partial charge in [-0.15, -0.1) is 0 Å². The second-order valence-electron chi connectivity index (χ2n) is 8.14. The van der Waals surface area contributed by atoms with Gasteiger partial charge in [-0.25, -0.2) is 8.42 Å². The van der Waals surface area contributed by atoms with E-state index in [0.717, 1.165) is 24.8 Å². The van der Waals surface area contributed by atoms with Gasteiger partial charge in [-0.2, -0.15) is 4.31 Å². The number of carbonyl (C=O) groups excluding carboxylic acids is 1. The molecular formula is C22H23ClN2O5S. The normalized spacial score (nSPS) is 18.7. The van der Waals surface area contributed by atoms with Crippen molar-refractivity contribution in [2.45, 2.75) is 37.0 Å². The minimum Gasteiger partial charge on any atom is -0.454 e. The number of carbonyl (C=O) groups is 1. The van der Waals surface area contributed by atoms with E-state index in [-0.39, 0.29) is 18.6 Å². The number of hydrogen-bond donors (Lipinski definition) is 1. The van der Waals surface area contributed by atoms with E-state index in [1.165, 1.54) is 9.87 Å². The van der Waals surface area contributed by atoms with Gasteiger partial charge in [-0.3, -0.25) is 4.79 Å². The van der Waals surface area contributed by atoms with Crippen molar-refractivity contribution in [2.24, 2.45) is 5.92 Å². The SMILES string of the molecule is O=C(Nc1cc2c(cc1Cl)OCO2)C1CCN(S(=O)(=O)c2ccc3c(c2)CCC3)CC1. The number of nitrogens with zero attached hydrogens (tertiary/aromatic N) is 1. The Morgan fingerprint density at radius 2 is 1.74 bits per heavy atom. The zero-order chi connectivity index (χ0) is 21.6. The Morgan fingerprint density at radius 1 is 1.03 bits per heavy atom. The molecule has 3 aliphatic rings. The Kier molecular flexibility index (Phi) is 5.32. The Labute approximate surface area is 186 Å². The van der Waals surface area contributed by atoms with Gasteiger partial charge < -0.3 is 14.8 Å². The fourth-order valence-corrected chi connectivity index (χ4v) is 6.19. The first-order valence-electron chi connectivity index (χ1n) is 10.4. The Hall–Kier alpha value is -2.29. The molecule has 0 saturated carbocycles. The highest BCUT2D eigenvalue weighted by Crippen LogP contribution is 2.39. The van der Waals surface area contributed by atoms with Crippen LogP contribution in [0.1, 0.15) is 30.4 Å². The van der Waals surface area contributed by atoms with Crippen LogP contribution in [0.2, 0.25) is 5.02 Å². The minimum atomic E-state index is -3.56. The van der Waals surface area contributed by atoms with Crippen LogP contribution in [0.15, 0.2) is 35.2 Å². The third kappa shape index (κ3) is 3.88. The number of nitrogens with one attached hydrogen (secondary N) is 1. The molecule has 164 valence electrons. The van der Waals surface area contributed by atoms with E-state index < -0.39 is 10.0 Å². The predicted molar refractivity (Wildman–Crippen MR) is 116 cm³/mol. The summed E-state index contributed by atoms with van der Waals surface area (Å²) in [7, 11) is -3.56. The second kappa shape index (κ2) is 8.00. The van der Waals surface area contributed by atoms with E-state index in [1.807, 2.05) is 12.1 Å². The number of benzene rings is 2. The van der Waals surface area contributed by atoms with E-state index in [1.54, 1.807) is 18.2 Å². The molecule has 5 rings (SSSR count). The van der Waals surface area contributed by atoms with E-state index >= 15 is 0 Å². The quantitative estimate of drug-likeness (QED) is 0.750. The maximum Gasteiger partial charge on any atom is 0.243 e. The highest BCUT2D eigenvalue weighted by Gasteiger charge is 2.33. The van der Waals surface area contributed by atoms with Crippen molar-refractivity contribution in [3.05, 3.63) is 46.5 Å². The standard InChI is InChI=1S/C22H23ClN2O5S/c23-18-11-20-21(30-13-29-20)12-19(18)24-22(26)15-6-8-25(9-7-15)31(27,28)17-5-4-14-2-1-3-16(14)10-17/h4-5,10-12,15H,1-3,6-9,13H2,(H,24,26). The highest BCUT2D eigenvalue weighted by molar-refractivity contribution is 7.89. The van der Waals surface area contributed by atoms with Crippen LogP contribution in [0, 0.1) is 5.92 Å². The van der Waals surface area contributed by atoms with Crippen molar-refractivity contribution < 1.29 is 22.7 Å². The molecule has 0 unspecified atom stereocenters. The van der Waals surface area contributed by atoms with Gasteiger partial charge in [0.2, 0.25) is 22.7 Å². The van der Waals surface area contributed by atoms with Gasteiger partial charge in [0.1, 0.15) is 0 Å². The summed E-state index contributed by atoms with van der Waals surface area (Å²) >= 11 is 6.24. The lowest BCUT2D eigenvalue weighted by molar-refractivity contribution is -0.120. The maximum atomic E-state index is 13.1. The van der Waals surface area contributed by atoms with E-state index in [9.17, 15) is 13.2 Å². The van der Waals surface area contributed by atoms with E-state index in [0.29, 0.717) is 53.0 Å². The minimum absolute atomic E-state index is 0.125. The van der Waals surface area contributed by atoms with Crippen LogP contribution >= 0.6 is 11.6 Å². The molecule has 1 N–H and O–H groups in total. The molecule has 1 aliphatic carbocycles. The van der Waals surface area contributed by atoms with E-state index in [4.69, 9.17) is 21.1 Å². The smallest absolute Gasteiger partial charge is 0.243 e. The highest BCUT2D eigenvalue weighted by atomic mass is 35.5. The molecule has 0 radical (unpaired) electrons. The summed E-state index contributed by atoms with van der Waals surface area (Å²) in [5.74, 6) is 0.631. The Bertz CT molecular complexity index is 1140. The average molecular weight is 463 g/mol. The molecule has 0 aromatic heterocycles. The van der Waals surface area contributed by atoms with Crippen LogP contribution in [-0.2, 0) is 27.7 Å². The van der Waals surface area contributed by atoms with Crippen molar-refractivity contribution >= 4 is 33.2 Å². The Morgan fingerprint density at radius 3 is 2.52 bits per heavy atom. The summed E-state index contributed by atoms with van der Waals surface area (Å²) in [5.41, 5.74) is 2.84. The third-order valence-corrected chi connectivity index (χ3v) is 8.46. The second-order valence-corrected chi connectivity index (χ2v) is 10.5. The number of sulfonamides is 1. The molecule has 2 aromatic carbocycles. The van der Waals surface area contributed by atoms with Gasteiger partial charge in [0.15, 0.2) is 11.5 Å². The summed E-state index contributed by atoms with van der Waals surface area (Å²) in [6, 6.07) is 8.73. The van der Waals surface area contributed by atoms with Gasteiger partial charge in [0, 0.05) is 31.1 Å². The monoisotopic (exact) mass is 462 g/mol. The molecule has 1 saturated heterocycles. The first-order valence-corrected chi connectivity index (χ1v) is 12.3. The van der Waals surface area contributed by atoms with Crippen LogP contribution in [0.5, 0.6) is 11.5 Å². The molecule has 0 spiro atoms. The lowest BCUT2D eigenvalue weighted by Crippen LogP contribution is -2.41. The van der Waals surface area contributed by atoms with Crippen LogP contribution < -0.4 is 14.8 Å². The summed E-state index contributed by atoms with van der Waals surface area (Å²) in [4.78, 5) is 13.1. The maximum absolute atomic E-state index is 13.1. The van der Waals surface area contributed by atoms with Crippen molar-refractivity contribution in [1.82, 2.24) is 4.31 Å². The number of rotatable bonds is 4. The number of fused-ring (bicyclic) bond motifs is 2. The van der Waals surface area contributed by atoms with Crippen molar-refractivity contribution in [1.29, 1.82) is 0 Å². The van der Waals surface area contributed by atoms with Gasteiger partial charge >= 0.3 is 0 Å². The van der Waals surface area contributed by atoms with E-state index in [2.05, 4.69) is 5.32 Å². The van der Waals surface area contributed by atoms with Crippen LogP contribution in [-0.4, -0.2) is 38.5 Å². The summed E-state index contributed by atoms with van der Waals surface area (Å²) in [6.07, 6.45) is 3.94. The molecule has 1 amide bonds. The average Bonchev–Trinajstić information content (AvgIpc) is 3.42. The van der Waals surface area contributed by atoms with Gasteiger partial charge in [-0.1, -0.05) is 17.7 Å². The lowest BCUT2D eigenvalue weighted by Gasteiger charge is -2.30. The van der Waals surface area contributed by atoms with Gasteiger partial charge in [0.05, 0.1) is 15.6 Å². The molecular weight excluding hydrogens is 440 g/mol. The number of halogens is 1. The van der Waals surface area contributed by atoms with Crippen molar-refractivity contribution in [3.8, 4) is 11.5 Å². The molecule has 2 heterocycles. The largest absolute Gasteiger partial charge is 0.454 e. The topological polar surface area (TPSA) is 84.9 Å². The molecule has 9 heteroatoms. The molecule has 0 atom stereocenters. The van der Waals surface area contributed by atoms with Crippen molar-refractivity contribution in [2.75, 3.05) is 25.2 Å². The predicted octanol–water partition coefficient (Wildman–Crippen LogP) is 3.60. The zero-order valence-corrected chi connectivity index (χ0v) is 18.5. The summed E-state index contributed by atoms with van der Waals surface area (Å²) in [6.45, 7) is 0.749. The number of hydrogen-bond acceptors (Lipinski definition) is 5. The molecule has 0 bridgehead atoms. The first-order chi connectivity index (χ1) is 14.9. The van der Waals surface area contributed by atoms with Crippen molar-refractivity contribution in [3.63, 3.8) is 0 Å². The molecule has 2 aromatic rings. The molecule has 7 nitrogen and oxygen atoms in total. The van der Waals surface area contributed by atoms with Crippen LogP contribution in [0.3, 0.4) is 0 Å². The van der Waals surface area contributed by atoms with Crippen LogP contribution in [0.4, 0.5) is 5.69 Å². The number of aryl methyl sites for hydroxylation is 2. The number of ether oxygens (including phenoxy) is 2. The van der Waals surface area contributed by atoms with Crippen LogP contribution in [0.25, 0.3) is 0 Å². The fraction of sp³-hybridized carbons (Fsp3) is 0.409. The summed E-state index contributed by atoms with van der Waals surface area (Å²) < 4.78 is 38.3. The fourth-order valence-electron chi connectivity index (χ4n) is 4.46. The first kappa shape index (κ1) is 20.6. The lowest BCUT2D eigenvalue weighted by atomic mass is 9.97.